The molecular formula is C18H13N3O5. The molecule has 0 saturated carbocycles. The molecule has 2 aliphatic rings. The van der Waals surface area contributed by atoms with Crippen LogP contribution in [0.15, 0.2) is 40.5 Å². The SMILES string of the molecule is Cc1cc(C2=NN=C(C=O)Cc3cc4c(cc32)OCO4)ccc1[N+](=O)[O-]. The summed E-state index contributed by atoms with van der Waals surface area (Å²) in [4.78, 5) is 21.9. The number of hydrogen-bond donors (Lipinski definition) is 0. The lowest BCUT2D eigenvalue weighted by atomic mass is 9.93. The molecule has 2 aliphatic heterocycles. The van der Waals surface area contributed by atoms with Gasteiger partial charge in [0.25, 0.3) is 5.69 Å². The standard InChI is InChI=1S/C18H13N3O5/c1-10-4-11(2-3-15(10)21(23)24)18-14-7-17-16(25-9-26-17)6-12(14)5-13(8-22)19-20-18/h2-4,6-8H,5,9H2,1H3. The Morgan fingerprint density at radius 1 is 1.15 bits per heavy atom. The highest BCUT2D eigenvalue weighted by molar-refractivity contribution is 6.30. The average molecular weight is 351 g/mol. The van der Waals surface area contributed by atoms with Crippen molar-refractivity contribution in [3.63, 3.8) is 0 Å². The van der Waals surface area contributed by atoms with Crippen molar-refractivity contribution in [1.29, 1.82) is 0 Å². The third kappa shape index (κ3) is 2.61. The number of nitro benzene ring substituents is 1. The molecule has 0 fully saturated rings. The van der Waals surface area contributed by atoms with Crippen molar-refractivity contribution in [1.82, 2.24) is 0 Å². The number of nitrogens with zero attached hydrogens (tertiary/aromatic N) is 3. The largest absolute Gasteiger partial charge is 0.454 e. The van der Waals surface area contributed by atoms with E-state index in [-0.39, 0.29) is 12.5 Å². The normalized spacial score (nSPS) is 14.8. The van der Waals surface area contributed by atoms with E-state index >= 15 is 0 Å². The minimum absolute atomic E-state index is 0.0333. The van der Waals surface area contributed by atoms with Gasteiger partial charge in [-0.15, -0.1) is 5.10 Å². The van der Waals surface area contributed by atoms with Crippen molar-refractivity contribution < 1.29 is 19.2 Å². The molecule has 0 atom stereocenters. The van der Waals surface area contributed by atoms with Crippen LogP contribution in [0.4, 0.5) is 5.69 Å². The van der Waals surface area contributed by atoms with Crippen molar-refractivity contribution in [2.75, 3.05) is 6.79 Å². The number of rotatable bonds is 3. The lowest BCUT2D eigenvalue weighted by Crippen LogP contribution is -2.08. The van der Waals surface area contributed by atoms with E-state index in [0.717, 1.165) is 11.1 Å². The molecule has 0 N–H and O–H groups in total. The minimum Gasteiger partial charge on any atom is -0.454 e. The molecule has 8 nitrogen and oxygen atoms in total. The fraction of sp³-hybridized carbons (Fsp3) is 0.167. The van der Waals surface area contributed by atoms with Gasteiger partial charge < -0.3 is 9.47 Å². The first kappa shape index (κ1) is 15.9. The number of carbonyl (C=O) groups excluding carboxylic acids is 1. The smallest absolute Gasteiger partial charge is 0.272 e. The van der Waals surface area contributed by atoms with E-state index < -0.39 is 4.92 Å². The molecule has 0 aromatic heterocycles. The maximum atomic E-state index is 11.2. The minimum atomic E-state index is -0.428. The number of hydrogen-bond acceptors (Lipinski definition) is 7. The quantitative estimate of drug-likeness (QED) is 0.480. The highest BCUT2D eigenvalue weighted by Gasteiger charge is 2.24. The van der Waals surface area contributed by atoms with Gasteiger partial charge in [0.15, 0.2) is 17.8 Å². The van der Waals surface area contributed by atoms with Crippen molar-refractivity contribution >= 4 is 23.4 Å². The molecule has 2 heterocycles. The maximum absolute atomic E-state index is 11.2. The first-order valence-corrected chi connectivity index (χ1v) is 7.85. The van der Waals surface area contributed by atoms with Crippen molar-refractivity contribution in [3.05, 3.63) is 62.7 Å². The highest BCUT2D eigenvalue weighted by Crippen LogP contribution is 2.37. The molecule has 8 heteroatoms. The van der Waals surface area contributed by atoms with Gasteiger partial charge >= 0.3 is 0 Å². The Balaban J connectivity index is 1.89. The Hall–Kier alpha value is -3.55. The molecule has 2 aromatic carbocycles. The van der Waals surface area contributed by atoms with Gasteiger partial charge in [-0.25, -0.2) is 0 Å². The molecule has 0 aliphatic carbocycles. The number of ether oxygens (including phenoxy) is 2. The van der Waals surface area contributed by atoms with Gasteiger partial charge in [-0.3, -0.25) is 14.9 Å². The number of carbonyl (C=O) groups is 1. The fourth-order valence-corrected chi connectivity index (χ4v) is 3.04. The Kier molecular flexibility index (Phi) is 3.72. The summed E-state index contributed by atoms with van der Waals surface area (Å²) in [7, 11) is 0. The van der Waals surface area contributed by atoms with Crippen LogP contribution in [-0.2, 0) is 11.2 Å². The molecule has 0 saturated heterocycles. The van der Waals surface area contributed by atoms with Gasteiger partial charge in [-0.1, -0.05) is 0 Å². The van der Waals surface area contributed by atoms with Crippen LogP contribution in [0.25, 0.3) is 0 Å². The fourth-order valence-electron chi connectivity index (χ4n) is 3.04. The Bertz CT molecular complexity index is 1010. The second-order valence-corrected chi connectivity index (χ2v) is 5.96. The topological polar surface area (TPSA) is 103 Å². The number of nitro groups is 1. The Morgan fingerprint density at radius 3 is 2.62 bits per heavy atom. The summed E-state index contributed by atoms with van der Waals surface area (Å²) in [5.41, 5.74) is 3.61. The van der Waals surface area contributed by atoms with Crippen LogP contribution in [0, 0.1) is 17.0 Å². The first-order chi connectivity index (χ1) is 12.6. The van der Waals surface area contributed by atoms with E-state index in [0.29, 0.717) is 46.8 Å². The second kappa shape index (κ2) is 6.07. The van der Waals surface area contributed by atoms with E-state index in [1.54, 1.807) is 25.1 Å². The molecule has 0 unspecified atom stereocenters. The molecule has 0 radical (unpaired) electrons. The summed E-state index contributed by atoms with van der Waals surface area (Å²) in [6.45, 7) is 1.80. The lowest BCUT2D eigenvalue weighted by molar-refractivity contribution is -0.385. The second-order valence-electron chi connectivity index (χ2n) is 5.96. The average Bonchev–Trinajstić information content (AvgIpc) is 2.99. The van der Waals surface area contributed by atoms with Gasteiger partial charge in [-0.05, 0) is 36.8 Å². The zero-order chi connectivity index (χ0) is 18.3. The van der Waals surface area contributed by atoms with Crippen LogP contribution in [-0.4, -0.2) is 29.4 Å². The number of aldehydes is 1. The molecule has 26 heavy (non-hydrogen) atoms. The van der Waals surface area contributed by atoms with Crippen molar-refractivity contribution in [3.8, 4) is 11.5 Å². The van der Waals surface area contributed by atoms with E-state index in [4.69, 9.17) is 9.47 Å². The Labute approximate surface area is 147 Å². The Morgan fingerprint density at radius 2 is 1.92 bits per heavy atom. The first-order valence-electron chi connectivity index (χ1n) is 7.85. The van der Waals surface area contributed by atoms with Crippen LogP contribution in [0.3, 0.4) is 0 Å². The third-order valence-corrected chi connectivity index (χ3v) is 4.31. The predicted molar refractivity (Wildman–Crippen MR) is 93.2 cm³/mol. The van der Waals surface area contributed by atoms with Crippen LogP contribution >= 0.6 is 0 Å². The zero-order valence-corrected chi connectivity index (χ0v) is 13.8. The van der Waals surface area contributed by atoms with Crippen molar-refractivity contribution in [2.45, 2.75) is 13.3 Å². The molecule has 0 bridgehead atoms. The molecule has 0 spiro atoms. The molecule has 0 amide bonds. The zero-order valence-electron chi connectivity index (χ0n) is 13.8. The maximum Gasteiger partial charge on any atom is 0.272 e. The third-order valence-electron chi connectivity index (χ3n) is 4.31. The van der Waals surface area contributed by atoms with Gasteiger partial charge in [0.2, 0.25) is 6.79 Å². The summed E-state index contributed by atoms with van der Waals surface area (Å²) in [6, 6.07) is 8.37. The summed E-state index contributed by atoms with van der Waals surface area (Å²) in [5.74, 6) is 1.19. The summed E-state index contributed by atoms with van der Waals surface area (Å²) < 4.78 is 10.9. The van der Waals surface area contributed by atoms with Gasteiger partial charge in [0.1, 0.15) is 11.4 Å². The predicted octanol–water partition coefficient (Wildman–Crippen LogP) is 2.58. The lowest BCUT2D eigenvalue weighted by Gasteiger charge is -2.11. The monoisotopic (exact) mass is 351 g/mol. The molecule has 4 rings (SSSR count). The van der Waals surface area contributed by atoms with Crippen LogP contribution < -0.4 is 9.47 Å². The van der Waals surface area contributed by atoms with Crippen molar-refractivity contribution in [2.24, 2.45) is 10.2 Å². The van der Waals surface area contributed by atoms with Crippen LogP contribution in [0.2, 0.25) is 0 Å². The molecule has 130 valence electrons. The van der Waals surface area contributed by atoms with E-state index in [1.807, 2.05) is 6.07 Å². The van der Waals surface area contributed by atoms with Crippen LogP contribution in [0.5, 0.6) is 11.5 Å². The summed E-state index contributed by atoms with van der Waals surface area (Å²) >= 11 is 0. The van der Waals surface area contributed by atoms with E-state index in [9.17, 15) is 14.9 Å². The van der Waals surface area contributed by atoms with Gasteiger partial charge in [0.05, 0.1) is 4.92 Å². The number of fused-ring (bicyclic) bond motifs is 2. The van der Waals surface area contributed by atoms with E-state index in [1.165, 1.54) is 6.07 Å². The molecule has 2 aromatic rings. The number of benzene rings is 2. The number of aryl methyl sites for hydroxylation is 1. The summed E-state index contributed by atoms with van der Waals surface area (Å²) in [5, 5.41) is 19.3. The van der Waals surface area contributed by atoms with E-state index in [2.05, 4.69) is 10.2 Å². The van der Waals surface area contributed by atoms with Crippen LogP contribution in [0.1, 0.15) is 22.3 Å². The summed E-state index contributed by atoms with van der Waals surface area (Å²) in [6.07, 6.45) is 0.982. The van der Waals surface area contributed by atoms with Gasteiger partial charge in [-0.2, -0.15) is 5.10 Å². The highest BCUT2D eigenvalue weighted by atomic mass is 16.7. The van der Waals surface area contributed by atoms with Gasteiger partial charge in [0, 0.05) is 29.2 Å². The molecular weight excluding hydrogens is 338 g/mol.